The number of nitriles is 1. The van der Waals surface area contributed by atoms with Crippen molar-refractivity contribution in [3.8, 4) is 11.8 Å². The van der Waals surface area contributed by atoms with Crippen molar-refractivity contribution in [3.63, 3.8) is 0 Å². The summed E-state index contributed by atoms with van der Waals surface area (Å²) in [5, 5.41) is 14.1. The zero-order valence-electron chi connectivity index (χ0n) is 12.7. The maximum atomic E-state index is 9.39. The molecule has 23 heavy (non-hydrogen) atoms. The minimum absolute atomic E-state index is 0.482. The van der Waals surface area contributed by atoms with Crippen LogP contribution in [0, 0.1) is 18.3 Å². The van der Waals surface area contributed by atoms with E-state index in [1.165, 1.54) is 0 Å². The molecule has 0 fully saturated rings. The predicted molar refractivity (Wildman–Crippen MR) is 92.5 cm³/mol. The summed E-state index contributed by atoms with van der Waals surface area (Å²) >= 11 is 6.17. The summed E-state index contributed by atoms with van der Waals surface area (Å²) in [4.78, 5) is 4.33. The van der Waals surface area contributed by atoms with Crippen molar-refractivity contribution in [1.29, 1.82) is 5.26 Å². The number of ether oxygens (including phenoxy) is 1. The number of aromatic nitrogens is 1. The lowest BCUT2D eigenvalue weighted by Crippen LogP contribution is -1.97. The van der Waals surface area contributed by atoms with Crippen LogP contribution in [0.2, 0.25) is 5.02 Å². The normalized spacial score (nSPS) is 10.3. The van der Waals surface area contributed by atoms with E-state index in [9.17, 15) is 5.26 Å². The Balaban J connectivity index is 2.13. The lowest BCUT2D eigenvalue weighted by molar-refractivity contribution is 0.415. The zero-order valence-corrected chi connectivity index (χ0v) is 13.5. The molecule has 0 spiro atoms. The van der Waals surface area contributed by atoms with Crippen LogP contribution in [0.3, 0.4) is 0 Å². The first-order valence-electron chi connectivity index (χ1n) is 7.02. The molecule has 0 saturated heterocycles. The van der Waals surface area contributed by atoms with Crippen molar-refractivity contribution in [2.75, 3.05) is 12.4 Å². The average molecular weight is 324 g/mol. The zero-order chi connectivity index (χ0) is 16.4. The maximum absolute atomic E-state index is 9.39. The smallest absolute Gasteiger partial charge is 0.137 e. The van der Waals surface area contributed by atoms with Gasteiger partial charge in [0.05, 0.1) is 28.9 Å². The van der Waals surface area contributed by atoms with Crippen LogP contribution in [-0.2, 0) is 0 Å². The summed E-state index contributed by atoms with van der Waals surface area (Å²) in [6, 6.07) is 13.5. The molecule has 1 N–H and O–H groups in total. The SMILES string of the molecule is COc1ccc(Nc2c(C#N)cnc3ccc(C)cc23)cc1Cl. The fraction of sp³-hybridized carbons (Fsp3) is 0.111. The quantitative estimate of drug-likeness (QED) is 0.750. The van der Waals surface area contributed by atoms with E-state index in [1.807, 2.05) is 31.2 Å². The van der Waals surface area contributed by atoms with Gasteiger partial charge in [0, 0.05) is 17.3 Å². The summed E-state index contributed by atoms with van der Waals surface area (Å²) in [5.74, 6) is 0.605. The van der Waals surface area contributed by atoms with Crippen molar-refractivity contribution in [2.45, 2.75) is 6.92 Å². The van der Waals surface area contributed by atoms with Gasteiger partial charge in [-0.3, -0.25) is 4.98 Å². The van der Waals surface area contributed by atoms with Crippen LogP contribution in [0.1, 0.15) is 11.1 Å². The Morgan fingerprint density at radius 3 is 2.74 bits per heavy atom. The molecule has 0 aliphatic heterocycles. The van der Waals surface area contributed by atoms with E-state index in [-0.39, 0.29) is 0 Å². The van der Waals surface area contributed by atoms with Crippen molar-refractivity contribution >= 4 is 33.9 Å². The molecule has 114 valence electrons. The van der Waals surface area contributed by atoms with Crippen LogP contribution in [-0.4, -0.2) is 12.1 Å². The van der Waals surface area contributed by atoms with Gasteiger partial charge in [0.25, 0.3) is 0 Å². The van der Waals surface area contributed by atoms with Crippen molar-refractivity contribution in [1.82, 2.24) is 4.98 Å². The molecule has 0 amide bonds. The van der Waals surface area contributed by atoms with E-state index in [2.05, 4.69) is 16.4 Å². The summed E-state index contributed by atoms with van der Waals surface area (Å²) in [6.45, 7) is 2.01. The number of aryl methyl sites for hydroxylation is 1. The largest absolute Gasteiger partial charge is 0.495 e. The highest BCUT2D eigenvalue weighted by atomic mass is 35.5. The second-order valence-corrected chi connectivity index (χ2v) is 5.56. The van der Waals surface area contributed by atoms with Crippen molar-refractivity contribution in [3.05, 3.63) is 58.7 Å². The standard InChI is InChI=1S/C18H14ClN3O/c1-11-3-5-16-14(7-11)18(12(9-20)10-21-16)22-13-4-6-17(23-2)15(19)8-13/h3-8,10H,1-2H3,(H,21,22). The first-order chi connectivity index (χ1) is 11.1. The number of pyridine rings is 1. The molecular weight excluding hydrogens is 310 g/mol. The molecule has 0 unspecified atom stereocenters. The van der Waals surface area contributed by atoms with Gasteiger partial charge in [0.1, 0.15) is 11.8 Å². The molecule has 0 aliphatic rings. The lowest BCUT2D eigenvalue weighted by Gasteiger charge is -2.13. The Labute approximate surface area is 139 Å². The molecule has 0 aliphatic carbocycles. The molecule has 3 rings (SSSR count). The van der Waals surface area contributed by atoms with Crippen LogP contribution in [0.4, 0.5) is 11.4 Å². The van der Waals surface area contributed by atoms with Gasteiger partial charge in [-0.2, -0.15) is 5.26 Å². The summed E-state index contributed by atoms with van der Waals surface area (Å²) in [7, 11) is 1.57. The van der Waals surface area contributed by atoms with E-state index in [0.717, 1.165) is 27.8 Å². The van der Waals surface area contributed by atoms with Gasteiger partial charge in [-0.05, 0) is 37.3 Å². The highest BCUT2D eigenvalue weighted by Crippen LogP contribution is 2.32. The third-order valence-corrected chi connectivity index (χ3v) is 3.86. The molecule has 5 heteroatoms. The van der Waals surface area contributed by atoms with E-state index in [1.54, 1.807) is 25.4 Å². The summed E-state index contributed by atoms with van der Waals surface area (Å²) in [6.07, 6.45) is 1.57. The van der Waals surface area contributed by atoms with E-state index in [0.29, 0.717) is 16.3 Å². The van der Waals surface area contributed by atoms with Crippen molar-refractivity contribution in [2.24, 2.45) is 0 Å². The highest BCUT2D eigenvalue weighted by molar-refractivity contribution is 6.32. The number of rotatable bonds is 3. The number of hydrogen-bond acceptors (Lipinski definition) is 4. The number of halogens is 1. The van der Waals surface area contributed by atoms with Crippen LogP contribution >= 0.6 is 11.6 Å². The fourth-order valence-corrected chi connectivity index (χ4v) is 2.67. The average Bonchev–Trinajstić information content (AvgIpc) is 2.55. The van der Waals surface area contributed by atoms with Crippen LogP contribution < -0.4 is 10.1 Å². The third kappa shape index (κ3) is 2.92. The first-order valence-corrected chi connectivity index (χ1v) is 7.40. The molecule has 0 atom stereocenters. The fourth-order valence-electron chi connectivity index (χ4n) is 2.41. The van der Waals surface area contributed by atoms with E-state index in [4.69, 9.17) is 16.3 Å². The van der Waals surface area contributed by atoms with Gasteiger partial charge in [-0.25, -0.2) is 0 Å². The van der Waals surface area contributed by atoms with Gasteiger partial charge in [-0.1, -0.05) is 23.2 Å². The Morgan fingerprint density at radius 1 is 1.22 bits per heavy atom. The minimum atomic E-state index is 0.482. The van der Waals surface area contributed by atoms with Gasteiger partial charge in [0.2, 0.25) is 0 Å². The Hall–Kier alpha value is -2.77. The molecule has 4 nitrogen and oxygen atoms in total. The topological polar surface area (TPSA) is 57.9 Å². The molecule has 0 radical (unpaired) electrons. The number of benzene rings is 2. The molecule has 1 aromatic heterocycles. The van der Waals surface area contributed by atoms with Crippen LogP contribution in [0.15, 0.2) is 42.6 Å². The molecular formula is C18H14ClN3O. The molecule has 3 aromatic rings. The van der Waals surface area contributed by atoms with Gasteiger partial charge in [-0.15, -0.1) is 0 Å². The molecule has 0 saturated carbocycles. The van der Waals surface area contributed by atoms with Crippen LogP contribution in [0.5, 0.6) is 5.75 Å². The van der Waals surface area contributed by atoms with Crippen LogP contribution in [0.25, 0.3) is 10.9 Å². The number of nitrogens with one attached hydrogen (secondary N) is 1. The van der Waals surface area contributed by atoms with Gasteiger partial charge in [0.15, 0.2) is 0 Å². The second kappa shape index (κ2) is 6.15. The number of anilines is 2. The first kappa shape index (κ1) is 15.1. The van der Waals surface area contributed by atoms with E-state index < -0.39 is 0 Å². The second-order valence-electron chi connectivity index (χ2n) is 5.15. The van der Waals surface area contributed by atoms with Gasteiger partial charge < -0.3 is 10.1 Å². The number of fused-ring (bicyclic) bond motifs is 1. The molecule has 2 aromatic carbocycles. The minimum Gasteiger partial charge on any atom is -0.495 e. The highest BCUT2D eigenvalue weighted by Gasteiger charge is 2.10. The third-order valence-electron chi connectivity index (χ3n) is 3.57. The monoisotopic (exact) mass is 323 g/mol. The summed E-state index contributed by atoms with van der Waals surface area (Å²) in [5.41, 5.74) is 3.92. The maximum Gasteiger partial charge on any atom is 0.137 e. The summed E-state index contributed by atoms with van der Waals surface area (Å²) < 4.78 is 5.16. The Morgan fingerprint density at radius 2 is 2.04 bits per heavy atom. The number of nitrogens with zero attached hydrogens (tertiary/aromatic N) is 2. The Bertz CT molecular complexity index is 931. The molecule has 0 bridgehead atoms. The Kier molecular flexibility index (Phi) is 4.05. The molecule has 1 heterocycles. The van der Waals surface area contributed by atoms with E-state index >= 15 is 0 Å². The van der Waals surface area contributed by atoms with Gasteiger partial charge >= 0.3 is 0 Å². The lowest BCUT2D eigenvalue weighted by atomic mass is 10.1. The predicted octanol–water partition coefficient (Wildman–Crippen LogP) is 4.82. The number of methoxy groups -OCH3 is 1. The van der Waals surface area contributed by atoms with Crippen molar-refractivity contribution < 1.29 is 4.74 Å². The number of hydrogen-bond donors (Lipinski definition) is 1.